The second kappa shape index (κ2) is 66.3. The highest BCUT2D eigenvalue weighted by molar-refractivity contribution is 7.47. The van der Waals surface area contributed by atoms with E-state index in [4.69, 9.17) is 37.0 Å². The van der Waals surface area contributed by atoms with Crippen LogP contribution >= 0.6 is 15.6 Å². The molecule has 0 aromatic carbocycles. The Morgan fingerprint density at radius 1 is 0.292 bits per heavy atom. The van der Waals surface area contributed by atoms with Gasteiger partial charge in [-0.05, 0) is 49.4 Å². The largest absolute Gasteiger partial charge is 0.472 e. The van der Waals surface area contributed by atoms with E-state index in [1.807, 2.05) is 0 Å². The van der Waals surface area contributed by atoms with Gasteiger partial charge in [0.05, 0.1) is 26.4 Å². The summed E-state index contributed by atoms with van der Waals surface area (Å²) in [6, 6.07) is 0. The van der Waals surface area contributed by atoms with Crippen molar-refractivity contribution in [2.24, 2.45) is 23.7 Å². The normalized spacial score (nSPS) is 14.4. The van der Waals surface area contributed by atoms with E-state index in [0.717, 1.165) is 114 Å². The molecule has 570 valence electrons. The molecule has 0 saturated heterocycles. The highest BCUT2D eigenvalue weighted by Gasteiger charge is 2.30. The summed E-state index contributed by atoms with van der Waals surface area (Å²) in [4.78, 5) is 72.8. The van der Waals surface area contributed by atoms with Crippen molar-refractivity contribution in [2.75, 3.05) is 39.6 Å². The van der Waals surface area contributed by atoms with E-state index in [-0.39, 0.29) is 25.7 Å². The fourth-order valence-electron chi connectivity index (χ4n) is 11.7. The Labute approximate surface area is 588 Å². The Hall–Kier alpha value is -1.94. The molecule has 0 saturated carbocycles. The van der Waals surface area contributed by atoms with E-state index in [0.29, 0.717) is 31.6 Å². The van der Waals surface area contributed by atoms with Crippen LogP contribution in [0.1, 0.15) is 389 Å². The molecule has 0 aromatic rings. The minimum Gasteiger partial charge on any atom is -0.462 e. The Kier molecular flexibility index (Phi) is 65.0. The lowest BCUT2D eigenvalue weighted by Crippen LogP contribution is -2.30. The zero-order valence-corrected chi connectivity index (χ0v) is 64.8. The lowest BCUT2D eigenvalue weighted by molar-refractivity contribution is -0.161. The van der Waals surface area contributed by atoms with Crippen molar-refractivity contribution in [2.45, 2.75) is 408 Å². The highest BCUT2D eigenvalue weighted by Crippen LogP contribution is 2.45. The van der Waals surface area contributed by atoms with Gasteiger partial charge in [0.25, 0.3) is 0 Å². The van der Waals surface area contributed by atoms with E-state index in [1.54, 1.807) is 0 Å². The van der Waals surface area contributed by atoms with Crippen LogP contribution in [0.5, 0.6) is 0 Å². The molecular weight excluding hydrogens is 1260 g/mol. The number of rotatable bonds is 74. The number of hydrogen-bond acceptors (Lipinski definition) is 15. The number of unbranched alkanes of at least 4 members (excludes halogenated alkanes) is 39. The van der Waals surface area contributed by atoms with Crippen LogP contribution in [0.15, 0.2) is 0 Å². The van der Waals surface area contributed by atoms with Gasteiger partial charge >= 0.3 is 39.5 Å². The first kappa shape index (κ1) is 94.1. The maximum Gasteiger partial charge on any atom is 0.472 e. The van der Waals surface area contributed by atoms with Gasteiger partial charge in [-0.2, -0.15) is 0 Å². The third kappa shape index (κ3) is 69.2. The zero-order chi connectivity index (χ0) is 71.0. The number of phosphoric ester groups is 2. The SMILES string of the molecule is CCC(C)CCCCCCCCCCCCCCCCCCCCC(=O)O[C@H](COC(=O)CCCCCCCCCCCCC(C)C)COP(=O)(O)OC[C@@H](O)COP(=O)(O)OC[C@@H](COC(=O)CCCCCCCCC(C)C)OC(=O)CCCCCCCCCCCC(C)C. The minimum atomic E-state index is -4.96. The Morgan fingerprint density at radius 2 is 0.500 bits per heavy atom. The van der Waals surface area contributed by atoms with Crippen molar-refractivity contribution in [3.05, 3.63) is 0 Å². The molecular formula is C77H150O17P2. The van der Waals surface area contributed by atoms with Gasteiger partial charge in [-0.15, -0.1) is 0 Å². The van der Waals surface area contributed by atoms with Gasteiger partial charge in [0.15, 0.2) is 12.2 Å². The second-order valence-electron chi connectivity index (χ2n) is 29.4. The van der Waals surface area contributed by atoms with Gasteiger partial charge < -0.3 is 33.8 Å². The molecule has 17 nitrogen and oxygen atoms in total. The quantitative estimate of drug-likeness (QED) is 0.0222. The fraction of sp³-hybridized carbons (Fsp3) is 0.948. The van der Waals surface area contributed by atoms with Gasteiger partial charge in [-0.25, -0.2) is 9.13 Å². The molecule has 6 atom stereocenters. The van der Waals surface area contributed by atoms with Crippen LogP contribution in [0.4, 0.5) is 0 Å². The molecule has 0 radical (unpaired) electrons. The molecule has 0 bridgehead atoms. The van der Waals surface area contributed by atoms with E-state index in [2.05, 4.69) is 55.4 Å². The van der Waals surface area contributed by atoms with E-state index < -0.39 is 97.5 Å². The first-order valence-corrected chi connectivity index (χ1v) is 42.7. The zero-order valence-electron chi connectivity index (χ0n) is 63.0. The van der Waals surface area contributed by atoms with Crippen LogP contribution in [-0.4, -0.2) is 96.7 Å². The summed E-state index contributed by atoms with van der Waals surface area (Å²) < 4.78 is 68.5. The number of esters is 4. The molecule has 0 aliphatic rings. The molecule has 19 heteroatoms. The number of ether oxygens (including phenoxy) is 4. The van der Waals surface area contributed by atoms with Crippen LogP contribution in [-0.2, 0) is 65.4 Å². The summed E-state index contributed by atoms with van der Waals surface area (Å²) in [6.07, 6.45) is 51.6. The second-order valence-corrected chi connectivity index (χ2v) is 32.3. The maximum atomic E-state index is 13.1. The molecule has 0 heterocycles. The molecule has 0 aromatic heterocycles. The first-order chi connectivity index (χ1) is 46.1. The van der Waals surface area contributed by atoms with Crippen molar-refractivity contribution < 1.29 is 80.2 Å². The van der Waals surface area contributed by atoms with Crippen molar-refractivity contribution in [1.29, 1.82) is 0 Å². The van der Waals surface area contributed by atoms with E-state index in [9.17, 15) is 43.2 Å². The molecule has 96 heavy (non-hydrogen) atoms. The average molecular weight is 1410 g/mol. The topological polar surface area (TPSA) is 237 Å². The third-order valence-electron chi connectivity index (χ3n) is 18.2. The molecule has 0 amide bonds. The Bertz CT molecular complexity index is 1890. The smallest absolute Gasteiger partial charge is 0.462 e. The third-order valence-corrected chi connectivity index (χ3v) is 20.1. The predicted octanol–water partition coefficient (Wildman–Crippen LogP) is 22.4. The minimum absolute atomic E-state index is 0.104. The Balaban J connectivity index is 5.19. The standard InChI is InChI=1S/C77H150O17P2/c1-9-70(8)56-48-40-31-25-18-16-14-12-10-11-13-15-17-19-27-33-43-51-59-76(81)93-72(63-87-74(79)57-49-41-32-26-21-20-23-29-37-45-53-67(2)3)65-91-95(83,84)89-61-71(78)62-90-96(85,86)92-66-73(64-88-75(80)58-50-42-36-35-39-47-55-69(6)7)94-77(82)60-52-44-34-28-22-24-30-38-46-54-68(4)5/h67-73,78H,9-66H2,1-8H3,(H,83,84)(H,85,86)/t70?,71-,72-,73-/m1/s1. The van der Waals surface area contributed by atoms with Crippen LogP contribution in [0.2, 0.25) is 0 Å². The van der Waals surface area contributed by atoms with Crippen LogP contribution in [0.3, 0.4) is 0 Å². The fourth-order valence-corrected chi connectivity index (χ4v) is 13.3. The molecule has 0 rings (SSSR count). The number of carbonyl (C=O) groups is 4. The van der Waals surface area contributed by atoms with E-state index in [1.165, 1.54) is 186 Å². The summed E-state index contributed by atoms with van der Waals surface area (Å²) in [5.74, 6) is 0.922. The van der Waals surface area contributed by atoms with Gasteiger partial charge in [0.2, 0.25) is 0 Å². The molecule has 0 spiro atoms. The number of phosphoric acid groups is 2. The highest BCUT2D eigenvalue weighted by atomic mass is 31.2. The molecule has 0 aliphatic carbocycles. The molecule has 0 aliphatic heterocycles. The van der Waals surface area contributed by atoms with Crippen LogP contribution in [0.25, 0.3) is 0 Å². The Morgan fingerprint density at radius 3 is 0.740 bits per heavy atom. The monoisotopic (exact) mass is 1410 g/mol. The predicted molar refractivity (Wildman–Crippen MR) is 391 cm³/mol. The first-order valence-electron chi connectivity index (χ1n) is 39.7. The molecule has 0 fully saturated rings. The number of aliphatic hydroxyl groups excluding tert-OH is 1. The summed E-state index contributed by atoms with van der Waals surface area (Å²) in [6.45, 7) is 14.2. The number of aliphatic hydroxyl groups is 1. The lowest BCUT2D eigenvalue weighted by Gasteiger charge is -2.21. The summed E-state index contributed by atoms with van der Waals surface area (Å²) >= 11 is 0. The van der Waals surface area contributed by atoms with Crippen molar-refractivity contribution in [3.63, 3.8) is 0 Å². The van der Waals surface area contributed by atoms with Crippen molar-refractivity contribution >= 4 is 39.5 Å². The van der Waals surface area contributed by atoms with Gasteiger partial charge in [0.1, 0.15) is 19.3 Å². The summed E-state index contributed by atoms with van der Waals surface area (Å²) in [7, 11) is -9.91. The van der Waals surface area contributed by atoms with E-state index >= 15 is 0 Å². The maximum absolute atomic E-state index is 13.1. The van der Waals surface area contributed by atoms with Gasteiger partial charge in [-0.1, -0.05) is 338 Å². The van der Waals surface area contributed by atoms with Crippen molar-refractivity contribution in [3.8, 4) is 0 Å². The van der Waals surface area contributed by atoms with Gasteiger partial charge in [-0.3, -0.25) is 37.3 Å². The summed E-state index contributed by atoms with van der Waals surface area (Å²) in [5, 5.41) is 10.6. The lowest BCUT2D eigenvalue weighted by atomic mass is 9.99. The van der Waals surface area contributed by atoms with Crippen LogP contribution < -0.4 is 0 Å². The number of hydrogen-bond donors (Lipinski definition) is 3. The van der Waals surface area contributed by atoms with Gasteiger partial charge in [0, 0.05) is 25.7 Å². The number of carbonyl (C=O) groups excluding carboxylic acids is 4. The summed E-state index contributed by atoms with van der Waals surface area (Å²) in [5.41, 5.74) is 0. The van der Waals surface area contributed by atoms with Crippen LogP contribution in [0, 0.1) is 23.7 Å². The molecule has 3 unspecified atom stereocenters. The van der Waals surface area contributed by atoms with Crippen molar-refractivity contribution in [1.82, 2.24) is 0 Å². The average Bonchev–Trinajstić information content (AvgIpc) is 1.26. The molecule has 3 N–H and O–H groups in total.